The number of ether oxygens (including phenoxy) is 1. The first-order valence-electron chi connectivity index (χ1n) is 7.02. The molecule has 2 aliphatic rings. The van der Waals surface area contributed by atoms with Crippen molar-refractivity contribution in [2.75, 3.05) is 0 Å². The van der Waals surface area contributed by atoms with Gasteiger partial charge in [0.1, 0.15) is 5.60 Å². The molecule has 1 aliphatic carbocycles. The van der Waals surface area contributed by atoms with Crippen LogP contribution in [-0.4, -0.2) is 34.6 Å². The van der Waals surface area contributed by atoms with E-state index in [4.69, 9.17) is 4.74 Å². The maximum Gasteiger partial charge on any atom is 0.411 e. The second-order valence-corrected chi connectivity index (χ2v) is 6.57. The highest BCUT2D eigenvalue weighted by Crippen LogP contribution is 2.40. The van der Waals surface area contributed by atoms with Crippen LogP contribution < -0.4 is 5.11 Å². The zero-order valence-corrected chi connectivity index (χ0v) is 11.8. The summed E-state index contributed by atoms with van der Waals surface area (Å²) in [5, 5.41) is 11.3. The number of fused-ring (bicyclic) bond motifs is 1. The summed E-state index contributed by atoms with van der Waals surface area (Å²) < 4.78 is 5.35. The number of nitrogens with zero attached hydrogens (tertiary/aromatic N) is 1. The van der Waals surface area contributed by atoms with Gasteiger partial charge in [-0.25, -0.2) is 4.79 Å². The zero-order chi connectivity index (χ0) is 14.2. The normalized spacial score (nSPS) is 30.9. The van der Waals surface area contributed by atoms with Crippen LogP contribution in [0.25, 0.3) is 0 Å². The Bertz CT molecular complexity index is 374. The van der Waals surface area contributed by atoms with E-state index in [2.05, 4.69) is 0 Å². The minimum absolute atomic E-state index is 0.00602. The van der Waals surface area contributed by atoms with Crippen LogP contribution in [0.15, 0.2) is 0 Å². The van der Waals surface area contributed by atoms with Crippen molar-refractivity contribution in [1.82, 2.24) is 4.90 Å². The molecule has 0 aromatic rings. The molecule has 1 heterocycles. The highest BCUT2D eigenvalue weighted by Gasteiger charge is 2.46. The van der Waals surface area contributed by atoms with Crippen molar-refractivity contribution in [3.63, 3.8) is 0 Å². The van der Waals surface area contributed by atoms with Crippen LogP contribution in [0.4, 0.5) is 4.79 Å². The van der Waals surface area contributed by atoms with Crippen LogP contribution in [-0.2, 0) is 9.53 Å². The second-order valence-electron chi connectivity index (χ2n) is 6.57. The average molecular weight is 268 g/mol. The molecule has 1 amide bonds. The number of likely N-dealkylation sites (tertiary alicyclic amines) is 1. The number of carboxylic acids is 1. The number of carboxylic acid groups (broad SMARTS) is 1. The van der Waals surface area contributed by atoms with E-state index >= 15 is 0 Å². The van der Waals surface area contributed by atoms with E-state index in [-0.39, 0.29) is 12.0 Å². The largest absolute Gasteiger partial charge is 0.548 e. The van der Waals surface area contributed by atoms with Gasteiger partial charge in [-0.05, 0) is 46.0 Å². The fraction of sp³-hybridized carbons (Fsp3) is 0.857. The summed E-state index contributed by atoms with van der Waals surface area (Å²) in [7, 11) is 0. The molecule has 2 fully saturated rings. The van der Waals surface area contributed by atoms with Gasteiger partial charge in [-0.2, -0.15) is 0 Å². The van der Waals surface area contributed by atoms with Gasteiger partial charge in [-0.15, -0.1) is 0 Å². The lowest BCUT2D eigenvalue weighted by Crippen LogP contribution is -2.51. The van der Waals surface area contributed by atoms with Crippen LogP contribution in [0.1, 0.15) is 52.9 Å². The van der Waals surface area contributed by atoms with Crippen molar-refractivity contribution >= 4 is 12.1 Å². The van der Waals surface area contributed by atoms with Gasteiger partial charge in [0.2, 0.25) is 0 Å². The minimum atomic E-state index is -1.17. The maximum atomic E-state index is 12.2. The van der Waals surface area contributed by atoms with Crippen molar-refractivity contribution < 1.29 is 19.4 Å². The average Bonchev–Trinajstić information content (AvgIpc) is 2.65. The van der Waals surface area contributed by atoms with Crippen LogP contribution in [0.5, 0.6) is 0 Å². The van der Waals surface area contributed by atoms with E-state index in [0.717, 1.165) is 25.7 Å². The highest BCUT2D eigenvalue weighted by atomic mass is 16.6. The Balaban J connectivity index is 2.17. The molecule has 5 heteroatoms. The predicted octanol–water partition coefficient (Wildman–Crippen LogP) is 1.30. The second kappa shape index (κ2) is 5.02. The van der Waals surface area contributed by atoms with Crippen molar-refractivity contribution in [3.05, 3.63) is 0 Å². The van der Waals surface area contributed by atoms with Gasteiger partial charge in [-0.3, -0.25) is 4.90 Å². The molecule has 0 unspecified atom stereocenters. The molecule has 0 spiro atoms. The molecule has 1 saturated carbocycles. The summed E-state index contributed by atoms with van der Waals surface area (Å²) in [6.45, 7) is 5.36. The summed E-state index contributed by atoms with van der Waals surface area (Å²) in [6, 6.07) is -0.825. The van der Waals surface area contributed by atoms with E-state index < -0.39 is 23.7 Å². The van der Waals surface area contributed by atoms with Crippen molar-refractivity contribution in [1.29, 1.82) is 0 Å². The van der Waals surface area contributed by atoms with Crippen molar-refractivity contribution in [3.8, 4) is 0 Å². The first-order valence-corrected chi connectivity index (χ1v) is 7.02. The first kappa shape index (κ1) is 14.2. The Morgan fingerprint density at radius 1 is 1.21 bits per heavy atom. The van der Waals surface area contributed by atoms with E-state index in [9.17, 15) is 14.7 Å². The SMILES string of the molecule is CC(C)(C)OC(=O)N1[C@@H](C(=O)[O-])C[C@@H]2CCCC[C@H]21. The van der Waals surface area contributed by atoms with E-state index in [1.807, 2.05) is 0 Å². The van der Waals surface area contributed by atoms with Crippen molar-refractivity contribution in [2.45, 2.75) is 70.6 Å². The van der Waals surface area contributed by atoms with Gasteiger partial charge in [0, 0.05) is 6.04 Å². The molecule has 19 heavy (non-hydrogen) atoms. The number of hydrogen-bond acceptors (Lipinski definition) is 4. The number of rotatable bonds is 1. The maximum absolute atomic E-state index is 12.2. The molecule has 2 rings (SSSR count). The van der Waals surface area contributed by atoms with Crippen LogP contribution in [0, 0.1) is 5.92 Å². The molecule has 0 aromatic carbocycles. The fourth-order valence-electron chi connectivity index (χ4n) is 3.25. The lowest BCUT2D eigenvalue weighted by Gasteiger charge is -2.35. The minimum Gasteiger partial charge on any atom is -0.548 e. The monoisotopic (exact) mass is 268 g/mol. The Morgan fingerprint density at radius 3 is 2.42 bits per heavy atom. The fourth-order valence-corrected chi connectivity index (χ4v) is 3.25. The van der Waals surface area contributed by atoms with Gasteiger partial charge < -0.3 is 14.6 Å². The third-order valence-electron chi connectivity index (χ3n) is 3.96. The van der Waals surface area contributed by atoms with Crippen LogP contribution in [0.3, 0.4) is 0 Å². The molecule has 1 aliphatic heterocycles. The number of carbonyl (C=O) groups is 2. The van der Waals surface area contributed by atoms with Crippen LogP contribution in [0.2, 0.25) is 0 Å². The summed E-state index contributed by atoms with van der Waals surface area (Å²) >= 11 is 0. The molecule has 5 nitrogen and oxygen atoms in total. The van der Waals surface area contributed by atoms with Gasteiger partial charge in [0.25, 0.3) is 0 Å². The molecule has 0 N–H and O–H groups in total. The zero-order valence-electron chi connectivity index (χ0n) is 11.8. The summed E-state index contributed by atoms with van der Waals surface area (Å²) in [5.74, 6) is -0.885. The molecule has 1 saturated heterocycles. The summed E-state index contributed by atoms with van der Waals surface area (Å²) in [6.07, 6.45) is 4.01. The third-order valence-corrected chi connectivity index (χ3v) is 3.96. The smallest absolute Gasteiger partial charge is 0.411 e. The molecule has 0 aromatic heterocycles. The molecular weight excluding hydrogens is 246 g/mol. The van der Waals surface area contributed by atoms with Gasteiger partial charge in [0.05, 0.1) is 12.0 Å². The van der Waals surface area contributed by atoms with Gasteiger partial charge >= 0.3 is 6.09 Å². The predicted molar refractivity (Wildman–Crippen MR) is 67.2 cm³/mol. The quantitative estimate of drug-likeness (QED) is 0.719. The summed E-state index contributed by atoms with van der Waals surface area (Å²) in [5.41, 5.74) is -0.611. The Kier molecular flexibility index (Phi) is 3.74. The Labute approximate surface area is 113 Å². The Morgan fingerprint density at radius 2 is 1.84 bits per heavy atom. The molecular formula is C14H22NO4-. The number of hydrogen-bond donors (Lipinski definition) is 0. The third kappa shape index (κ3) is 3.01. The van der Waals surface area contributed by atoms with E-state index in [0.29, 0.717) is 6.42 Å². The number of aliphatic carboxylic acids is 1. The summed E-state index contributed by atoms with van der Waals surface area (Å²) in [4.78, 5) is 24.9. The first-order chi connectivity index (χ1) is 8.79. The van der Waals surface area contributed by atoms with E-state index in [1.54, 1.807) is 20.8 Å². The highest BCUT2D eigenvalue weighted by molar-refractivity contribution is 5.80. The number of amides is 1. The van der Waals surface area contributed by atoms with E-state index in [1.165, 1.54) is 4.90 Å². The lowest BCUT2D eigenvalue weighted by molar-refractivity contribution is -0.310. The molecule has 0 radical (unpaired) electrons. The van der Waals surface area contributed by atoms with Gasteiger partial charge in [0.15, 0.2) is 0 Å². The molecule has 3 atom stereocenters. The van der Waals surface area contributed by atoms with Crippen LogP contribution >= 0.6 is 0 Å². The standard InChI is InChI=1S/C14H23NO4/c1-14(2,3)19-13(18)15-10-7-5-4-6-9(10)8-11(15)12(16)17/h9-11H,4-8H2,1-3H3,(H,16,17)/p-1/t9-,10+,11+/m0/s1. The Hall–Kier alpha value is -1.26. The number of carbonyl (C=O) groups excluding carboxylic acids is 2. The van der Waals surface area contributed by atoms with Gasteiger partial charge in [-0.1, -0.05) is 12.8 Å². The lowest BCUT2D eigenvalue weighted by atomic mass is 9.85. The molecule has 0 bridgehead atoms. The topological polar surface area (TPSA) is 69.7 Å². The van der Waals surface area contributed by atoms with Crippen molar-refractivity contribution in [2.24, 2.45) is 5.92 Å². The molecule has 108 valence electrons.